The topological polar surface area (TPSA) is 94.1 Å². The molecule has 7 heteroatoms. The number of benzene rings is 2. The van der Waals surface area contributed by atoms with E-state index < -0.39 is 4.92 Å². The Labute approximate surface area is 125 Å². The van der Waals surface area contributed by atoms with Gasteiger partial charge < -0.3 is 9.84 Å². The largest absolute Gasteiger partial charge is 0.383 e. The molecule has 0 amide bonds. The molecule has 1 N–H and O–H groups in total. The predicted octanol–water partition coefficient (Wildman–Crippen LogP) is 3.35. The Bertz CT molecular complexity index is 815. The molecule has 0 atom stereocenters. The van der Waals surface area contributed by atoms with E-state index in [0.29, 0.717) is 17.1 Å². The molecule has 0 bridgehead atoms. The van der Waals surface area contributed by atoms with Gasteiger partial charge in [0, 0.05) is 24.2 Å². The van der Waals surface area contributed by atoms with E-state index in [9.17, 15) is 10.1 Å². The number of nitro groups is 1. The number of nitrogens with one attached hydrogen (secondary N) is 1. The molecule has 0 saturated carbocycles. The summed E-state index contributed by atoms with van der Waals surface area (Å²) in [6, 6.07) is 14.1. The highest BCUT2D eigenvalue weighted by atomic mass is 16.6. The molecule has 2 aromatic carbocycles. The van der Waals surface area contributed by atoms with E-state index in [2.05, 4.69) is 15.5 Å². The van der Waals surface area contributed by atoms with Gasteiger partial charge in [0.15, 0.2) is 0 Å². The quantitative estimate of drug-likeness (QED) is 0.586. The highest BCUT2D eigenvalue weighted by Gasteiger charge is 2.17. The van der Waals surface area contributed by atoms with Crippen molar-refractivity contribution in [1.82, 2.24) is 10.1 Å². The van der Waals surface area contributed by atoms with Crippen molar-refractivity contribution in [3.8, 4) is 22.8 Å². The van der Waals surface area contributed by atoms with E-state index in [0.717, 1.165) is 5.56 Å². The Morgan fingerprint density at radius 1 is 1.14 bits per heavy atom. The Morgan fingerprint density at radius 3 is 2.59 bits per heavy atom. The van der Waals surface area contributed by atoms with Gasteiger partial charge >= 0.3 is 0 Å². The zero-order chi connectivity index (χ0) is 15.5. The first-order chi connectivity index (χ1) is 10.7. The lowest BCUT2D eigenvalue weighted by molar-refractivity contribution is -0.383. The monoisotopic (exact) mass is 296 g/mol. The molecular weight excluding hydrogens is 284 g/mol. The average Bonchev–Trinajstić information content (AvgIpc) is 3.05. The second kappa shape index (κ2) is 5.65. The Kier molecular flexibility index (Phi) is 3.53. The van der Waals surface area contributed by atoms with Gasteiger partial charge in [0.25, 0.3) is 11.6 Å². The second-order valence-corrected chi connectivity index (χ2v) is 4.53. The van der Waals surface area contributed by atoms with Gasteiger partial charge in [-0.2, -0.15) is 4.98 Å². The highest BCUT2D eigenvalue weighted by molar-refractivity contribution is 5.70. The van der Waals surface area contributed by atoms with Gasteiger partial charge in [-0.25, -0.2) is 0 Å². The number of rotatable bonds is 4. The van der Waals surface area contributed by atoms with Crippen LogP contribution in [-0.2, 0) is 0 Å². The molecule has 22 heavy (non-hydrogen) atoms. The van der Waals surface area contributed by atoms with Crippen LogP contribution in [0.2, 0.25) is 0 Å². The molecule has 110 valence electrons. The standard InChI is InChI=1S/C15H12N4O3/c1-16-12-8-7-11(9-13(12)19(20)21)15-17-14(18-22-15)10-5-3-2-4-6-10/h2-9,16H,1H3. The first-order valence-electron chi connectivity index (χ1n) is 6.54. The minimum atomic E-state index is -0.455. The molecule has 7 nitrogen and oxygen atoms in total. The summed E-state index contributed by atoms with van der Waals surface area (Å²) in [7, 11) is 1.63. The van der Waals surface area contributed by atoms with Crippen LogP contribution >= 0.6 is 0 Å². The molecular formula is C15H12N4O3. The van der Waals surface area contributed by atoms with Crippen LogP contribution in [-0.4, -0.2) is 22.1 Å². The zero-order valence-corrected chi connectivity index (χ0v) is 11.7. The summed E-state index contributed by atoms with van der Waals surface area (Å²) in [5.41, 5.74) is 1.70. The number of hydrogen-bond acceptors (Lipinski definition) is 6. The SMILES string of the molecule is CNc1ccc(-c2nc(-c3ccccc3)no2)cc1[N+](=O)[O-]. The first kappa shape index (κ1) is 13.7. The van der Waals surface area contributed by atoms with Crippen molar-refractivity contribution in [2.75, 3.05) is 12.4 Å². The lowest BCUT2D eigenvalue weighted by atomic mass is 10.1. The number of nitrogens with zero attached hydrogens (tertiary/aromatic N) is 3. The van der Waals surface area contributed by atoms with Gasteiger partial charge in [0.05, 0.1) is 4.92 Å². The zero-order valence-electron chi connectivity index (χ0n) is 11.7. The van der Waals surface area contributed by atoms with E-state index in [1.54, 1.807) is 19.2 Å². The van der Waals surface area contributed by atoms with Crippen LogP contribution in [0.1, 0.15) is 0 Å². The van der Waals surface area contributed by atoms with Crippen LogP contribution < -0.4 is 5.32 Å². The summed E-state index contributed by atoms with van der Waals surface area (Å²) in [5.74, 6) is 0.681. The predicted molar refractivity (Wildman–Crippen MR) is 81.4 cm³/mol. The van der Waals surface area contributed by atoms with Crippen LogP contribution in [0.3, 0.4) is 0 Å². The van der Waals surface area contributed by atoms with Gasteiger partial charge in [-0.3, -0.25) is 10.1 Å². The molecule has 0 unspecified atom stereocenters. The average molecular weight is 296 g/mol. The van der Waals surface area contributed by atoms with E-state index in [1.807, 2.05) is 30.3 Å². The van der Waals surface area contributed by atoms with E-state index in [4.69, 9.17) is 4.52 Å². The lowest BCUT2D eigenvalue weighted by Gasteiger charge is -2.02. The number of anilines is 1. The minimum absolute atomic E-state index is 0.0422. The van der Waals surface area contributed by atoms with Gasteiger partial charge in [0.1, 0.15) is 5.69 Å². The summed E-state index contributed by atoms with van der Waals surface area (Å²) in [6.45, 7) is 0. The van der Waals surface area contributed by atoms with Crippen molar-refractivity contribution < 1.29 is 9.45 Å². The van der Waals surface area contributed by atoms with Crippen LogP contribution in [0.25, 0.3) is 22.8 Å². The summed E-state index contributed by atoms with van der Waals surface area (Å²) in [6.07, 6.45) is 0. The van der Waals surface area contributed by atoms with Gasteiger partial charge in [-0.1, -0.05) is 35.5 Å². The van der Waals surface area contributed by atoms with Gasteiger partial charge in [-0.05, 0) is 12.1 Å². The fourth-order valence-electron chi connectivity index (χ4n) is 2.07. The molecule has 0 aliphatic heterocycles. The number of hydrogen-bond donors (Lipinski definition) is 1. The molecule has 3 aromatic rings. The fraction of sp³-hybridized carbons (Fsp3) is 0.0667. The number of aromatic nitrogens is 2. The molecule has 1 aromatic heterocycles. The maximum absolute atomic E-state index is 11.1. The van der Waals surface area contributed by atoms with Crippen molar-refractivity contribution in [1.29, 1.82) is 0 Å². The third-order valence-electron chi connectivity index (χ3n) is 3.17. The Hall–Kier alpha value is -3.22. The Balaban J connectivity index is 2.00. The molecule has 0 aliphatic carbocycles. The van der Waals surface area contributed by atoms with Crippen LogP contribution in [0, 0.1) is 10.1 Å². The van der Waals surface area contributed by atoms with Crippen LogP contribution in [0.4, 0.5) is 11.4 Å². The van der Waals surface area contributed by atoms with Crippen molar-refractivity contribution in [3.05, 3.63) is 58.6 Å². The molecule has 3 rings (SSSR count). The second-order valence-electron chi connectivity index (χ2n) is 4.53. The third-order valence-corrected chi connectivity index (χ3v) is 3.17. The maximum atomic E-state index is 11.1. The summed E-state index contributed by atoms with van der Waals surface area (Å²) in [4.78, 5) is 14.9. The summed E-state index contributed by atoms with van der Waals surface area (Å²) in [5, 5.41) is 17.8. The van der Waals surface area contributed by atoms with Crippen molar-refractivity contribution in [2.45, 2.75) is 0 Å². The molecule has 0 spiro atoms. The van der Waals surface area contributed by atoms with E-state index in [1.165, 1.54) is 6.07 Å². The molecule has 1 heterocycles. The molecule has 0 fully saturated rings. The van der Waals surface area contributed by atoms with Crippen molar-refractivity contribution in [2.24, 2.45) is 0 Å². The minimum Gasteiger partial charge on any atom is -0.383 e. The molecule has 0 saturated heterocycles. The van der Waals surface area contributed by atoms with Crippen molar-refractivity contribution >= 4 is 11.4 Å². The lowest BCUT2D eigenvalue weighted by Crippen LogP contribution is -1.96. The summed E-state index contributed by atoms with van der Waals surface area (Å²) < 4.78 is 5.21. The summed E-state index contributed by atoms with van der Waals surface area (Å²) >= 11 is 0. The first-order valence-corrected chi connectivity index (χ1v) is 6.54. The van der Waals surface area contributed by atoms with Crippen LogP contribution in [0.5, 0.6) is 0 Å². The normalized spacial score (nSPS) is 10.4. The third kappa shape index (κ3) is 2.51. The van der Waals surface area contributed by atoms with Gasteiger partial charge in [-0.15, -0.1) is 0 Å². The van der Waals surface area contributed by atoms with E-state index >= 15 is 0 Å². The van der Waals surface area contributed by atoms with Crippen molar-refractivity contribution in [3.63, 3.8) is 0 Å². The molecule has 0 aliphatic rings. The number of nitro benzene ring substituents is 1. The fourth-order valence-corrected chi connectivity index (χ4v) is 2.07. The van der Waals surface area contributed by atoms with Crippen LogP contribution in [0.15, 0.2) is 53.1 Å². The van der Waals surface area contributed by atoms with E-state index in [-0.39, 0.29) is 11.6 Å². The molecule has 0 radical (unpaired) electrons. The Morgan fingerprint density at radius 2 is 1.91 bits per heavy atom. The highest BCUT2D eigenvalue weighted by Crippen LogP contribution is 2.30. The van der Waals surface area contributed by atoms with Gasteiger partial charge in [0.2, 0.25) is 5.82 Å². The smallest absolute Gasteiger partial charge is 0.293 e. The maximum Gasteiger partial charge on any atom is 0.293 e.